The number of nitrogens with one attached hydrogen (secondary N) is 1. The highest BCUT2D eigenvalue weighted by atomic mass is 35.5. The van der Waals surface area contributed by atoms with Crippen LogP contribution < -0.4 is 10.1 Å². The van der Waals surface area contributed by atoms with Crippen molar-refractivity contribution in [2.24, 2.45) is 0 Å². The average Bonchev–Trinajstić information content (AvgIpc) is 3.39. The first-order valence-electron chi connectivity index (χ1n) is 9.38. The second-order valence-corrected chi connectivity index (χ2v) is 8.18. The summed E-state index contributed by atoms with van der Waals surface area (Å²) in [6.07, 6.45) is 1.45. The van der Waals surface area contributed by atoms with Gasteiger partial charge in [0, 0.05) is 16.1 Å². The van der Waals surface area contributed by atoms with E-state index in [4.69, 9.17) is 16.3 Å². The van der Waals surface area contributed by atoms with Gasteiger partial charge < -0.3 is 4.74 Å². The Morgan fingerprint density at radius 3 is 2.90 bits per heavy atom. The predicted molar refractivity (Wildman–Crippen MR) is 118 cm³/mol. The quantitative estimate of drug-likeness (QED) is 0.408. The van der Waals surface area contributed by atoms with E-state index in [2.05, 4.69) is 15.4 Å². The number of carbonyl (C=O) groups is 1. The molecule has 9 heteroatoms. The van der Waals surface area contributed by atoms with E-state index >= 15 is 0 Å². The molecule has 0 aliphatic rings. The lowest BCUT2D eigenvalue weighted by molar-refractivity contribution is 0.102. The summed E-state index contributed by atoms with van der Waals surface area (Å²) >= 11 is 7.27. The Labute approximate surface area is 187 Å². The minimum Gasteiger partial charge on any atom is -0.489 e. The molecule has 1 N–H and O–H groups in total. The maximum Gasteiger partial charge on any atom is 0.268 e. The molecule has 0 bridgehead atoms. The Bertz CT molecular complexity index is 1220. The van der Waals surface area contributed by atoms with Crippen LogP contribution in [0.15, 0.2) is 60.2 Å². The number of carbonyl (C=O) groups excluding carboxylic acids is 1. The molecular formula is C22H18ClFN4O2S. The van der Waals surface area contributed by atoms with E-state index in [9.17, 15) is 9.18 Å². The maximum atomic E-state index is 13.8. The number of hydrogen-bond donors (Lipinski definition) is 1. The topological polar surface area (TPSA) is 69.0 Å². The summed E-state index contributed by atoms with van der Waals surface area (Å²) in [6, 6.07) is 13.6. The van der Waals surface area contributed by atoms with Crippen molar-refractivity contribution in [2.75, 3.05) is 5.32 Å². The minimum atomic E-state index is -0.317. The number of thiophene rings is 1. The standard InChI is InChI=1S/C22H18ClFN4O2S/c1-14-8-17(23)6-7-19(14)30-11-15-9-20(31-12-15)21(29)26-22-25-13-28(27-22)10-16-4-2-3-5-18(16)24/h2-9,12-13H,10-11H2,1H3,(H,26,27,29). The van der Waals surface area contributed by atoms with Crippen LogP contribution in [0.1, 0.15) is 26.4 Å². The van der Waals surface area contributed by atoms with Gasteiger partial charge in [-0.2, -0.15) is 0 Å². The Morgan fingerprint density at radius 1 is 1.26 bits per heavy atom. The molecule has 0 atom stereocenters. The summed E-state index contributed by atoms with van der Waals surface area (Å²) in [4.78, 5) is 17.1. The molecule has 0 saturated heterocycles. The number of benzene rings is 2. The van der Waals surface area contributed by atoms with Gasteiger partial charge >= 0.3 is 0 Å². The maximum absolute atomic E-state index is 13.8. The molecule has 158 valence electrons. The molecule has 0 fully saturated rings. The molecule has 31 heavy (non-hydrogen) atoms. The van der Waals surface area contributed by atoms with E-state index in [0.29, 0.717) is 22.1 Å². The van der Waals surface area contributed by atoms with Crippen LogP contribution in [0, 0.1) is 12.7 Å². The first-order valence-corrected chi connectivity index (χ1v) is 10.6. The van der Waals surface area contributed by atoms with Crippen molar-refractivity contribution in [1.29, 1.82) is 0 Å². The zero-order valence-electron chi connectivity index (χ0n) is 16.5. The number of anilines is 1. The van der Waals surface area contributed by atoms with E-state index in [-0.39, 0.29) is 24.2 Å². The fourth-order valence-corrected chi connectivity index (χ4v) is 3.92. The SMILES string of the molecule is Cc1cc(Cl)ccc1OCc1csc(C(=O)Nc2ncn(Cc3ccccc3F)n2)c1. The molecule has 2 aromatic heterocycles. The highest BCUT2D eigenvalue weighted by Crippen LogP contribution is 2.24. The van der Waals surface area contributed by atoms with Crippen molar-refractivity contribution in [3.05, 3.63) is 92.6 Å². The van der Waals surface area contributed by atoms with Crippen LogP contribution in [0.2, 0.25) is 5.02 Å². The lowest BCUT2D eigenvalue weighted by Gasteiger charge is -2.08. The number of ether oxygens (including phenoxy) is 1. The van der Waals surface area contributed by atoms with E-state index in [1.807, 2.05) is 24.4 Å². The molecule has 0 radical (unpaired) electrons. The predicted octanol–water partition coefficient (Wildman–Crippen LogP) is 5.32. The Morgan fingerprint density at radius 2 is 2.10 bits per heavy atom. The molecule has 0 unspecified atom stereocenters. The first-order chi connectivity index (χ1) is 15.0. The molecule has 2 aromatic carbocycles. The number of aromatic nitrogens is 3. The number of halogens is 2. The van der Waals surface area contributed by atoms with Crippen molar-refractivity contribution < 1.29 is 13.9 Å². The second kappa shape index (κ2) is 9.28. The van der Waals surface area contributed by atoms with Gasteiger partial charge in [-0.3, -0.25) is 10.1 Å². The molecule has 4 aromatic rings. The summed E-state index contributed by atoms with van der Waals surface area (Å²) < 4.78 is 21.1. The van der Waals surface area contributed by atoms with E-state index in [0.717, 1.165) is 16.9 Å². The minimum absolute atomic E-state index is 0.157. The summed E-state index contributed by atoms with van der Waals surface area (Å²) in [6.45, 7) is 2.48. The Kier molecular flexibility index (Phi) is 6.29. The van der Waals surface area contributed by atoms with Crippen molar-refractivity contribution in [3.63, 3.8) is 0 Å². The van der Waals surface area contributed by atoms with E-state index in [1.165, 1.54) is 28.4 Å². The third-order valence-electron chi connectivity index (χ3n) is 4.46. The highest BCUT2D eigenvalue weighted by molar-refractivity contribution is 7.12. The van der Waals surface area contributed by atoms with Gasteiger partial charge in [0.15, 0.2) is 0 Å². The smallest absolute Gasteiger partial charge is 0.268 e. The molecule has 0 aliphatic carbocycles. The van der Waals surface area contributed by atoms with Crippen molar-refractivity contribution in [1.82, 2.24) is 14.8 Å². The number of aryl methyl sites for hydroxylation is 1. The summed E-state index contributed by atoms with van der Waals surface area (Å²) in [7, 11) is 0. The monoisotopic (exact) mass is 456 g/mol. The number of nitrogens with zero attached hydrogens (tertiary/aromatic N) is 3. The van der Waals surface area contributed by atoms with Gasteiger partial charge in [0.25, 0.3) is 5.91 Å². The molecule has 4 rings (SSSR count). The van der Waals surface area contributed by atoms with Gasteiger partial charge in [0.1, 0.15) is 24.5 Å². The molecule has 0 aliphatic heterocycles. The third-order valence-corrected chi connectivity index (χ3v) is 5.67. The summed E-state index contributed by atoms with van der Waals surface area (Å²) in [5.41, 5.74) is 2.31. The molecule has 0 spiro atoms. The van der Waals surface area contributed by atoms with Gasteiger partial charge in [0.05, 0.1) is 11.4 Å². The fraction of sp³-hybridized carbons (Fsp3) is 0.136. The highest BCUT2D eigenvalue weighted by Gasteiger charge is 2.13. The van der Waals surface area contributed by atoms with Crippen LogP contribution in [-0.2, 0) is 13.2 Å². The normalized spacial score (nSPS) is 10.8. The van der Waals surface area contributed by atoms with E-state index in [1.54, 1.807) is 30.3 Å². The Balaban J connectivity index is 1.35. The van der Waals surface area contributed by atoms with Gasteiger partial charge in [-0.15, -0.1) is 16.4 Å². The van der Waals surface area contributed by atoms with Crippen LogP contribution in [0.5, 0.6) is 5.75 Å². The number of hydrogen-bond acceptors (Lipinski definition) is 5. The number of amides is 1. The van der Waals surface area contributed by atoms with Crippen LogP contribution in [-0.4, -0.2) is 20.7 Å². The van der Waals surface area contributed by atoms with Crippen molar-refractivity contribution >= 4 is 34.8 Å². The number of rotatable bonds is 7. The summed E-state index contributed by atoms with van der Waals surface area (Å²) in [5, 5.41) is 9.37. The van der Waals surface area contributed by atoms with Gasteiger partial charge in [-0.05, 0) is 48.2 Å². The van der Waals surface area contributed by atoms with Crippen molar-refractivity contribution in [3.8, 4) is 5.75 Å². The van der Waals surface area contributed by atoms with Gasteiger partial charge in [-0.25, -0.2) is 14.1 Å². The van der Waals surface area contributed by atoms with Gasteiger partial charge in [0.2, 0.25) is 5.95 Å². The second-order valence-electron chi connectivity index (χ2n) is 6.83. The molecule has 6 nitrogen and oxygen atoms in total. The molecular weight excluding hydrogens is 439 g/mol. The third kappa shape index (κ3) is 5.28. The fourth-order valence-electron chi connectivity index (χ4n) is 2.90. The lowest BCUT2D eigenvalue weighted by atomic mass is 10.2. The zero-order chi connectivity index (χ0) is 21.8. The van der Waals surface area contributed by atoms with Crippen LogP contribution >= 0.6 is 22.9 Å². The zero-order valence-corrected chi connectivity index (χ0v) is 18.1. The largest absolute Gasteiger partial charge is 0.489 e. The first kappa shape index (κ1) is 21.0. The van der Waals surface area contributed by atoms with Crippen molar-refractivity contribution in [2.45, 2.75) is 20.1 Å². The van der Waals surface area contributed by atoms with Crippen LogP contribution in [0.4, 0.5) is 10.3 Å². The molecule has 1 amide bonds. The lowest BCUT2D eigenvalue weighted by Crippen LogP contribution is -2.12. The van der Waals surface area contributed by atoms with E-state index < -0.39 is 0 Å². The average molecular weight is 457 g/mol. The Hall–Kier alpha value is -3.23. The summed E-state index contributed by atoms with van der Waals surface area (Å²) in [5.74, 6) is 0.267. The van der Waals surface area contributed by atoms with Crippen LogP contribution in [0.25, 0.3) is 0 Å². The molecule has 2 heterocycles. The van der Waals surface area contributed by atoms with Gasteiger partial charge in [-0.1, -0.05) is 29.8 Å². The van der Waals surface area contributed by atoms with Crippen LogP contribution in [0.3, 0.4) is 0 Å². The molecule has 0 saturated carbocycles.